The first kappa shape index (κ1) is 9.85. The molecular weight excluding hydrogens is 194 g/mol. The Morgan fingerprint density at radius 3 is 2.86 bits per heavy atom. The topological polar surface area (TPSA) is 12.0 Å². The van der Waals surface area contributed by atoms with E-state index in [-0.39, 0.29) is 0 Å². The molecule has 0 aromatic heterocycles. The second-order valence-electron chi connectivity index (χ2n) is 4.16. The Balaban J connectivity index is 1.96. The summed E-state index contributed by atoms with van der Waals surface area (Å²) in [6, 6.07) is 6.11. The fraction of sp³-hybridized carbons (Fsp3) is 0.500. The minimum absolute atomic E-state index is 0.829. The van der Waals surface area contributed by atoms with Crippen LogP contribution in [0, 0.1) is 12.8 Å². The summed E-state index contributed by atoms with van der Waals surface area (Å²) in [5, 5.41) is 4.25. The number of benzene rings is 1. The molecule has 1 N–H and O–H groups in total. The highest BCUT2D eigenvalue weighted by atomic mass is 35.5. The van der Waals surface area contributed by atoms with Crippen LogP contribution in [0.3, 0.4) is 0 Å². The summed E-state index contributed by atoms with van der Waals surface area (Å²) in [6.07, 6.45) is 4.14. The minimum atomic E-state index is 0.829. The van der Waals surface area contributed by atoms with E-state index in [0.29, 0.717) is 0 Å². The SMILES string of the molecule is Cc1ccc(Cl)c(NCC2CCC2)c1. The first-order valence-corrected chi connectivity index (χ1v) is 5.63. The van der Waals surface area contributed by atoms with Crippen LogP contribution in [0.15, 0.2) is 18.2 Å². The standard InChI is InChI=1S/C12H16ClN/c1-9-5-6-11(13)12(7-9)14-8-10-3-2-4-10/h5-7,10,14H,2-4,8H2,1H3. The quantitative estimate of drug-likeness (QED) is 0.797. The van der Waals surface area contributed by atoms with Crippen LogP contribution in [0.5, 0.6) is 0 Å². The van der Waals surface area contributed by atoms with Crippen molar-refractivity contribution < 1.29 is 0 Å². The molecular formula is C12H16ClN. The van der Waals surface area contributed by atoms with Gasteiger partial charge < -0.3 is 5.32 Å². The predicted molar refractivity (Wildman–Crippen MR) is 62.0 cm³/mol. The maximum atomic E-state index is 6.08. The summed E-state index contributed by atoms with van der Waals surface area (Å²) < 4.78 is 0. The summed E-state index contributed by atoms with van der Waals surface area (Å²) in [4.78, 5) is 0. The van der Waals surface area contributed by atoms with E-state index >= 15 is 0 Å². The number of aryl methyl sites for hydroxylation is 1. The Morgan fingerprint density at radius 1 is 1.43 bits per heavy atom. The van der Waals surface area contributed by atoms with Gasteiger partial charge in [0.15, 0.2) is 0 Å². The van der Waals surface area contributed by atoms with Crippen molar-refractivity contribution in [2.45, 2.75) is 26.2 Å². The van der Waals surface area contributed by atoms with Crippen LogP contribution in [0.1, 0.15) is 24.8 Å². The largest absolute Gasteiger partial charge is 0.384 e. The molecule has 14 heavy (non-hydrogen) atoms. The van der Waals surface area contributed by atoms with Crippen molar-refractivity contribution in [3.63, 3.8) is 0 Å². The van der Waals surface area contributed by atoms with E-state index in [4.69, 9.17) is 11.6 Å². The molecule has 1 saturated carbocycles. The van der Waals surface area contributed by atoms with E-state index in [0.717, 1.165) is 23.2 Å². The lowest BCUT2D eigenvalue weighted by atomic mass is 9.85. The average Bonchev–Trinajstić information content (AvgIpc) is 2.08. The highest BCUT2D eigenvalue weighted by Crippen LogP contribution is 2.28. The molecule has 1 aliphatic carbocycles. The second-order valence-corrected chi connectivity index (χ2v) is 4.57. The van der Waals surface area contributed by atoms with E-state index in [9.17, 15) is 0 Å². The zero-order valence-corrected chi connectivity index (χ0v) is 9.27. The summed E-state index contributed by atoms with van der Waals surface area (Å²) in [7, 11) is 0. The van der Waals surface area contributed by atoms with Crippen molar-refractivity contribution in [2.24, 2.45) is 5.92 Å². The summed E-state index contributed by atoms with van der Waals surface area (Å²) >= 11 is 6.08. The monoisotopic (exact) mass is 209 g/mol. The minimum Gasteiger partial charge on any atom is -0.384 e. The molecule has 2 heteroatoms. The molecule has 0 atom stereocenters. The summed E-state index contributed by atoms with van der Waals surface area (Å²) in [6.45, 7) is 3.16. The molecule has 1 fully saturated rings. The Bertz CT molecular complexity index is 318. The third-order valence-corrected chi connectivity index (χ3v) is 3.26. The van der Waals surface area contributed by atoms with E-state index in [2.05, 4.69) is 18.3 Å². The molecule has 1 aromatic carbocycles. The first-order chi connectivity index (χ1) is 6.75. The molecule has 0 saturated heterocycles. The van der Waals surface area contributed by atoms with Crippen molar-refractivity contribution >= 4 is 17.3 Å². The number of hydrogen-bond acceptors (Lipinski definition) is 1. The van der Waals surface area contributed by atoms with E-state index in [1.54, 1.807) is 0 Å². The number of hydrogen-bond donors (Lipinski definition) is 1. The van der Waals surface area contributed by atoms with Crippen molar-refractivity contribution in [2.75, 3.05) is 11.9 Å². The molecule has 0 aliphatic heterocycles. The van der Waals surface area contributed by atoms with Gasteiger partial charge in [0.05, 0.1) is 10.7 Å². The lowest BCUT2D eigenvalue weighted by molar-refractivity contribution is 0.333. The summed E-state index contributed by atoms with van der Waals surface area (Å²) in [5.74, 6) is 0.867. The molecule has 0 amide bonds. The predicted octanol–water partition coefficient (Wildman–Crippen LogP) is 3.86. The fourth-order valence-corrected chi connectivity index (χ4v) is 1.91. The number of anilines is 1. The normalized spacial score (nSPS) is 16.4. The van der Waals surface area contributed by atoms with Crippen LogP contribution in [-0.2, 0) is 0 Å². The highest BCUT2D eigenvalue weighted by Gasteiger charge is 2.16. The average molecular weight is 210 g/mol. The van der Waals surface area contributed by atoms with Gasteiger partial charge in [0.2, 0.25) is 0 Å². The van der Waals surface area contributed by atoms with Crippen LogP contribution in [-0.4, -0.2) is 6.54 Å². The number of rotatable bonds is 3. The molecule has 2 rings (SSSR count). The Labute approximate surface area is 90.5 Å². The maximum Gasteiger partial charge on any atom is 0.0637 e. The molecule has 0 radical (unpaired) electrons. The lowest BCUT2D eigenvalue weighted by Gasteiger charge is -2.26. The third-order valence-electron chi connectivity index (χ3n) is 2.93. The molecule has 0 unspecified atom stereocenters. The number of halogens is 1. The van der Waals surface area contributed by atoms with Gasteiger partial charge >= 0.3 is 0 Å². The summed E-state index contributed by atoms with van der Waals surface area (Å²) in [5.41, 5.74) is 2.34. The van der Waals surface area contributed by atoms with Gasteiger partial charge in [-0.25, -0.2) is 0 Å². The second kappa shape index (κ2) is 4.22. The van der Waals surface area contributed by atoms with E-state index in [1.807, 2.05) is 12.1 Å². The Morgan fingerprint density at radius 2 is 2.21 bits per heavy atom. The van der Waals surface area contributed by atoms with Crippen molar-refractivity contribution in [1.82, 2.24) is 0 Å². The van der Waals surface area contributed by atoms with Gasteiger partial charge in [-0.3, -0.25) is 0 Å². The van der Waals surface area contributed by atoms with Gasteiger partial charge in [-0.05, 0) is 43.4 Å². The van der Waals surface area contributed by atoms with Crippen molar-refractivity contribution in [3.05, 3.63) is 28.8 Å². The van der Waals surface area contributed by atoms with Gasteiger partial charge in [0, 0.05) is 6.54 Å². The molecule has 76 valence electrons. The van der Waals surface area contributed by atoms with Gasteiger partial charge in [-0.15, -0.1) is 0 Å². The van der Waals surface area contributed by atoms with E-state index in [1.165, 1.54) is 24.8 Å². The van der Waals surface area contributed by atoms with E-state index < -0.39 is 0 Å². The molecule has 0 bridgehead atoms. The molecule has 0 spiro atoms. The number of nitrogens with one attached hydrogen (secondary N) is 1. The molecule has 0 heterocycles. The zero-order valence-electron chi connectivity index (χ0n) is 8.52. The molecule has 1 aromatic rings. The molecule has 1 nitrogen and oxygen atoms in total. The van der Waals surface area contributed by atoms with Crippen molar-refractivity contribution in [1.29, 1.82) is 0 Å². The Hall–Kier alpha value is -0.690. The lowest BCUT2D eigenvalue weighted by Crippen LogP contribution is -2.20. The smallest absolute Gasteiger partial charge is 0.0637 e. The van der Waals surface area contributed by atoms with Crippen LogP contribution >= 0.6 is 11.6 Å². The van der Waals surface area contributed by atoms with Gasteiger partial charge in [0.25, 0.3) is 0 Å². The van der Waals surface area contributed by atoms with Gasteiger partial charge in [-0.1, -0.05) is 24.1 Å². The molecule has 1 aliphatic rings. The third kappa shape index (κ3) is 2.21. The highest BCUT2D eigenvalue weighted by molar-refractivity contribution is 6.33. The zero-order chi connectivity index (χ0) is 9.97. The maximum absolute atomic E-state index is 6.08. The van der Waals surface area contributed by atoms with Gasteiger partial charge in [-0.2, -0.15) is 0 Å². The van der Waals surface area contributed by atoms with Crippen molar-refractivity contribution in [3.8, 4) is 0 Å². The van der Waals surface area contributed by atoms with Crippen LogP contribution in [0.2, 0.25) is 5.02 Å². The van der Waals surface area contributed by atoms with Crippen LogP contribution < -0.4 is 5.32 Å². The van der Waals surface area contributed by atoms with Crippen LogP contribution in [0.4, 0.5) is 5.69 Å². The van der Waals surface area contributed by atoms with Crippen LogP contribution in [0.25, 0.3) is 0 Å². The Kier molecular flexibility index (Phi) is 2.97. The first-order valence-electron chi connectivity index (χ1n) is 5.26. The van der Waals surface area contributed by atoms with Gasteiger partial charge in [0.1, 0.15) is 0 Å². The fourth-order valence-electron chi connectivity index (χ4n) is 1.73.